The second-order valence-electron chi connectivity index (χ2n) is 10.4. The van der Waals surface area contributed by atoms with Crippen molar-refractivity contribution in [3.8, 4) is 5.75 Å². The SMILES string of the molecule is CN(C)CCOc1ccccc1C1CCN(C(=O)[C@@H](Cc2ccc(Cl)cc2Cl)NC(=O)N2CCCC2)CC1. The Hall–Kier alpha value is -2.48. The average Bonchev–Trinajstić information content (AvgIpc) is 3.45. The molecule has 0 aromatic heterocycles. The highest BCUT2D eigenvalue weighted by Crippen LogP contribution is 2.34. The number of carbonyl (C=O) groups excluding carboxylic acids is 2. The Kier molecular flexibility index (Phi) is 10.2. The molecule has 2 saturated heterocycles. The van der Waals surface area contributed by atoms with Crippen molar-refractivity contribution in [2.75, 3.05) is 53.4 Å². The van der Waals surface area contributed by atoms with Gasteiger partial charge in [-0.15, -0.1) is 0 Å². The number of piperidine rings is 1. The van der Waals surface area contributed by atoms with Crippen molar-refractivity contribution in [1.82, 2.24) is 20.0 Å². The maximum absolute atomic E-state index is 13.7. The fourth-order valence-electron chi connectivity index (χ4n) is 5.19. The van der Waals surface area contributed by atoms with Crippen molar-refractivity contribution in [3.63, 3.8) is 0 Å². The number of ether oxygens (including phenoxy) is 1. The Morgan fingerprint density at radius 1 is 1.03 bits per heavy atom. The molecule has 0 radical (unpaired) electrons. The van der Waals surface area contributed by atoms with Crippen LogP contribution in [0, 0.1) is 0 Å². The van der Waals surface area contributed by atoms with Gasteiger partial charge in [-0.3, -0.25) is 4.79 Å². The monoisotopic (exact) mass is 560 g/mol. The maximum Gasteiger partial charge on any atom is 0.318 e. The lowest BCUT2D eigenvalue weighted by Gasteiger charge is -2.35. The third kappa shape index (κ3) is 7.55. The summed E-state index contributed by atoms with van der Waals surface area (Å²) in [6, 6.07) is 12.6. The Bertz CT molecular complexity index is 1100. The number of amides is 3. The summed E-state index contributed by atoms with van der Waals surface area (Å²) in [6.07, 6.45) is 3.98. The van der Waals surface area contributed by atoms with Crippen LogP contribution in [0.4, 0.5) is 4.79 Å². The fourth-order valence-corrected chi connectivity index (χ4v) is 5.67. The van der Waals surface area contributed by atoms with Gasteiger partial charge in [-0.25, -0.2) is 4.79 Å². The standard InChI is InChI=1S/C29H38Cl2N4O3/c1-33(2)17-18-38-27-8-4-3-7-24(27)21-11-15-34(16-12-21)28(36)26(32-29(37)35-13-5-6-14-35)19-22-9-10-23(30)20-25(22)31/h3-4,7-10,20-21,26H,5-6,11-19H2,1-2H3,(H,32,37)/t26-/m1/s1. The predicted octanol–water partition coefficient (Wildman–Crippen LogP) is 5.06. The number of likely N-dealkylation sites (tertiary alicyclic amines) is 2. The van der Waals surface area contributed by atoms with E-state index >= 15 is 0 Å². The van der Waals surface area contributed by atoms with Crippen LogP contribution in [0.2, 0.25) is 10.0 Å². The van der Waals surface area contributed by atoms with E-state index in [1.54, 1.807) is 17.0 Å². The summed E-state index contributed by atoms with van der Waals surface area (Å²) in [5.74, 6) is 1.17. The van der Waals surface area contributed by atoms with Gasteiger partial charge in [0.05, 0.1) is 0 Å². The number of likely N-dealkylation sites (N-methyl/N-ethyl adjacent to an activating group) is 1. The molecule has 7 nitrogen and oxygen atoms in total. The molecule has 2 aromatic carbocycles. The van der Waals surface area contributed by atoms with E-state index in [1.165, 1.54) is 5.56 Å². The summed E-state index contributed by atoms with van der Waals surface area (Å²) in [5.41, 5.74) is 1.99. The van der Waals surface area contributed by atoms with Gasteiger partial charge in [0.2, 0.25) is 5.91 Å². The van der Waals surface area contributed by atoms with Crippen LogP contribution in [0.1, 0.15) is 42.7 Å². The van der Waals surface area contributed by atoms with Crippen molar-refractivity contribution in [2.24, 2.45) is 0 Å². The number of hydrogen-bond acceptors (Lipinski definition) is 4. The molecule has 2 aliphatic heterocycles. The second-order valence-corrected chi connectivity index (χ2v) is 11.3. The zero-order chi connectivity index (χ0) is 27.1. The Balaban J connectivity index is 1.42. The Morgan fingerprint density at radius 3 is 2.42 bits per heavy atom. The summed E-state index contributed by atoms with van der Waals surface area (Å²) < 4.78 is 6.10. The van der Waals surface area contributed by atoms with Gasteiger partial charge in [-0.1, -0.05) is 47.5 Å². The lowest BCUT2D eigenvalue weighted by Crippen LogP contribution is -2.54. The molecular weight excluding hydrogens is 523 g/mol. The molecular formula is C29H38Cl2N4O3. The normalized spacial score (nSPS) is 17.1. The second kappa shape index (κ2) is 13.5. The molecule has 0 saturated carbocycles. The third-order valence-corrected chi connectivity index (χ3v) is 7.98. The highest BCUT2D eigenvalue weighted by atomic mass is 35.5. The number of nitrogens with zero attached hydrogens (tertiary/aromatic N) is 3. The number of halogens is 2. The minimum absolute atomic E-state index is 0.0717. The van der Waals surface area contributed by atoms with Crippen molar-refractivity contribution in [2.45, 2.75) is 44.1 Å². The molecule has 1 N–H and O–H groups in total. The van der Waals surface area contributed by atoms with Crippen molar-refractivity contribution >= 4 is 35.1 Å². The van der Waals surface area contributed by atoms with Crippen LogP contribution in [0.3, 0.4) is 0 Å². The molecule has 2 aromatic rings. The number of benzene rings is 2. The van der Waals surface area contributed by atoms with E-state index in [1.807, 2.05) is 43.3 Å². The lowest BCUT2D eigenvalue weighted by molar-refractivity contribution is -0.134. The van der Waals surface area contributed by atoms with Gasteiger partial charge in [-0.05, 0) is 75.0 Å². The third-order valence-electron chi connectivity index (χ3n) is 7.39. The summed E-state index contributed by atoms with van der Waals surface area (Å²) in [7, 11) is 4.06. The summed E-state index contributed by atoms with van der Waals surface area (Å²) in [6.45, 7) is 4.17. The first-order valence-corrected chi connectivity index (χ1v) is 14.2. The number of hydrogen-bond donors (Lipinski definition) is 1. The molecule has 1 atom stereocenters. The lowest BCUT2D eigenvalue weighted by atomic mass is 9.88. The van der Waals surface area contributed by atoms with E-state index in [2.05, 4.69) is 16.3 Å². The first-order chi connectivity index (χ1) is 18.3. The Morgan fingerprint density at radius 2 is 1.74 bits per heavy atom. The zero-order valence-electron chi connectivity index (χ0n) is 22.3. The molecule has 2 heterocycles. The quantitative estimate of drug-likeness (QED) is 0.465. The number of urea groups is 1. The maximum atomic E-state index is 13.7. The van der Waals surface area contributed by atoms with Gasteiger partial charge in [0.25, 0.3) is 0 Å². The van der Waals surface area contributed by atoms with Crippen LogP contribution >= 0.6 is 23.2 Å². The zero-order valence-corrected chi connectivity index (χ0v) is 23.8. The van der Waals surface area contributed by atoms with E-state index in [0.717, 1.165) is 56.6 Å². The summed E-state index contributed by atoms with van der Waals surface area (Å²) in [4.78, 5) is 32.4. The van der Waals surface area contributed by atoms with E-state index in [9.17, 15) is 9.59 Å². The van der Waals surface area contributed by atoms with E-state index < -0.39 is 6.04 Å². The molecule has 3 amide bonds. The van der Waals surface area contributed by atoms with Crippen LogP contribution in [0.25, 0.3) is 0 Å². The summed E-state index contributed by atoms with van der Waals surface area (Å²) in [5, 5.41) is 4.04. The van der Waals surface area contributed by atoms with Crippen LogP contribution in [-0.4, -0.2) is 86.1 Å². The van der Waals surface area contributed by atoms with Gasteiger partial charge in [0, 0.05) is 49.2 Å². The van der Waals surface area contributed by atoms with Crippen LogP contribution in [0.5, 0.6) is 5.75 Å². The fraction of sp³-hybridized carbons (Fsp3) is 0.517. The molecule has 0 bridgehead atoms. The van der Waals surface area contributed by atoms with Crippen LogP contribution < -0.4 is 10.1 Å². The minimum atomic E-state index is -0.694. The van der Waals surface area contributed by atoms with Gasteiger partial charge >= 0.3 is 6.03 Å². The first kappa shape index (κ1) is 28.5. The number of carbonyl (C=O) groups is 2. The number of nitrogens with one attached hydrogen (secondary N) is 1. The van der Waals surface area contributed by atoms with Gasteiger partial charge < -0.3 is 24.8 Å². The average molecular weight is 562 g/mol. The van der Waals surface area contributed by atoms with Gasteiger partial charge in [0.15, 0.2) is 0 Å². The molecule has 9 heteroatoms. The molecule has 0 aliphatic carbocycles. The van der Waals surface area contributed by atoms with Crippen molar-refractivity contribution in [1.29, 1.82) is 0 Å². The first-order valence-electron chi connectivity index (χ1n) is 13.5. The highest BCUT2D eigenvalue weighted by Gasteiger charge is 2.32. The van der Waals surface area contributed by atoms with E-state index in [4.69, 9.17) is 27.9 Å². The van der Waals surface area contributed by atoms with Crippen molar-refractivity contribution in [3.05, 3.63) is 63.6 Å². The number of rotatable bonds is 9. The molecule has 0 spiro atoms. The molecule has 2 fully saturated rings. The molecule has 206 valence electrons. The van der Waals surface area contributed by atoms with Crippen LogP contribution in [-0.2, 0) is 11.2 Å². The van der Waals surface area contributed by atoms with E-state index in [0.29, 0.717) is 42.1 Å². The molecule has 38 heavy (non-hydrogen) atoms. The molecule has 4 rings (SSSR count). The van der Waals surface area contributed by atoms with E-state index in [-0.39, 0.29) is 11.9 Å². The van der Waals surface area contributed by atoms with Crippen molar-refractivity contribution < 1.29 is 14.3 Å². The largest absolute Gasteiger partial charge is 0.492 e. The summed E-state index contributed by atoms with van der Waals surface area (Å²) >= 11 is 12.5. The minimum Gasteiger partial charge on any atom is -0.492 e. The Labute approximate surface area is 236 Å². The smallest absolute Gasteiger partial charge is 0.318 e. The van der Waals surface area contributed by atoms with Gasteiger partial charge in [-0.2, -0.15) is 0 Å². The topological polar surface area (TPSA) is 65.1 Å². The predicted molar refractivity (Wildman–Crippen MR) is 152 cm³/mol. The highest BCUT2D eigenvalue weighted by molar-refractivity contribution is 6.35. The van der Waals surface area contributed by atoms with Crippen LogP contribution in [0.15, 0.2) is 42.5 Å². The molecule has 2 aliphatic rings. The number of para-hydroxylation sites is 1. The van der Waals surface area contributed by atoms with Gasteiger partial charge in [0.1, 0.15) is 18.4 Å². The molecule has 0 unspecified atom stereocenters.